The van der Waals surface area contributed by atoms with Crippen molar-refractivity contribution in [1.82, 2.24) is 0 Å². The molecule has 0 aliphatic heterocycles. The second-order valence-corrected chi connectivity index (χ2v) is 3.80. The summed E-state index contributed by atoms with van der Waals surface area (Å²) in [6.07, 6.45) is -6.09. The van der Waals surface area contributed by atoms with Crippen molar-refractivity contribution in [2.24, 2.45) is 0 Å². The quantitative estimate of drug-likeness (QED) is 0.529. The zero-order valence-electron chi connectivity index (χ0n) is 9.79. The summed E-state index contributed by atoms with van der Waals surface area (Å²) in [4.78, 5) is 20.6. The molecule has 0 aromatic heterocycles. The largest absolute Gasteiger partial charge is 0.463 e. The second kappa shape index (κ2) is 5.02. The van der Waals surface area contributed by atoms with Crippen LogP contribution in [0.2, 0.25) is 0 Å². The van der Waals surface area contributed by atoms with Gasteiger partial charge in [-0.25, -0.2) is 0 Å². The maximum atomic E-state index is 12.7. The maximum absolute atomic E-state index is 12.7. The molecule has 1 N–H and O–H groups in total. The molecule has 10 heteroatoms. The van der Waals surface area contributed by atoms with Gasteiger partial charge >= 0.3 is 18.0 Å². The molecule has 0 radical (unpaired) electrons. The third-order valence-corrected chi connectivity index (χ3v) is 2.24. The fourth-order valence-corrected chi connectivity index (χ4v) is 1.23. The molecule has 1 aromatic carbocycles. The van der Waals surface area contributed by atoms with Gasteiger partial charge in [0.1, 0.15) is 5.69 Å². The summed E-state index contributed by atoms with van der Waals surface area (Å²) in [5.41, 5.74) is -1.15. The summed E-state index contributed by atoms with van der Waals surface area (Å²) in [5.74, 6) is -8.33. The molecular formula is C10H7F5N2O3. The molecule has 110 valence electrons. The Morgan fingerprint density at radius 3 is 2.25 bits per heavy atom. The molecule has 0 aliphatic carbocycles. The highest BCUT2D eigenvalue weighted by Gasteiger charge is 2.63. The number of nitro benzene ring substituents is 1. The van der Waals surface area contributed by atoms with Crippen LogP contribution in [-0.2, 0) is 4.79 Å². The molecule has 0 atom stereocenters. The number of benzene rings is 1. The van der Waals surface area contributed by atoms with Crippen molar-refractivity contribution in [3.05, 3.63) is 33.9 Å². The van der Waals surface area contributed by atoms with Crippen molar-refractivity contribution in [2.45, 2.75) is 19.0 Å². The molecule has 20 heavy (non-hydrogen) atoms. The SMILES string of the molecule is Cc1ccc(NC(=O)C(F)(F)C(F)(F)F)c([N+](=O)[O-])c1. The number of carbonyl (C=O) groups excluding carboxylic acids is 1. The predicted molar refractivity (Wildman–Crippen MR) is 57.5 cm³/mol. The van der Waals surface area contributed by atoms with E-state index in [4.69, 9.17) is 0 Å². The van der Waals surface area contributed by atoms with E-state index in [1.807, 2.05) is 0 Å². The zero-order chi connectivity index (χ0) is 15.7. The van der Waals surface area contributed by atoms with Gasteiger partial charge in [-0.1, -0.05) is 6.07 Å². The number of halogens is 5. The van der Waals surface area contributed by atoms with Crippen LogP contribution in [0.4, 0.5) is 33.3 Å². The van der Waals surface area contributed by atoms with Crippen molar-refractivity contribution in [3.63, 3.8) is 0 Å². The Balaban J connectivity index is 3.12. The Morgan fingerprint density at radius 2 is 1.80 bits per heavy atom. The number of nitrogens with zero attached hydrogens (tertiary/aromatic N) is 1. The topological polar surface area (TPSA) is 72.2 Å². The van der Waals surface area contributed by atoms with E-state index in [1.54, 1.807) is 0 Å². The van der Waals surface area contributed by atoms with Crippen molar-refractivity contribution < 1.29 is 31.7 Å². The number of aryl methyl sites for hydroxylation is 1. The molecule has 0 saturated carbocycles. The number of rotatable bonds is 3. The summed E-state index contributed by atoms with van der Waals surface area (Å²) in [7, 11) is 0. The van der Waals surface area contributed by atoms with Crippen molar-refractivity contribution >= 4 is 17.3 Å². The molecule has 0 aliphatic rings. The van der Waals surface area contributed by atoms with Crippen LogP contribution in [-0.4, -0.2) is 22.9 Å². The van der Waals surface area contributed by atoms with Gasteiger partial charge in [-0.15, -0.1) is 0 Å². The molecule has 0 unspecified atom stereocenters. The Kier molecular flexibility index (Phi) is 3.97. The molecule has 0 bridgehead atoms. The lowest BCUT2D eigenvalue weighted by Crippen LogP contribution is -2.47. The summed E-state index contributed by atoms with van der Waals surface area (Å²) < 4.78 is 61.3. The molecule has 1 amide bonds. The first-order valence-electron chi connectivity index (χ1n) is 4.98. The molecule has 0 heterocycles. The maximum Gasteiger partial charge on any atom is 0.463 e. The first-order valence-corrected chi connectivity index (χ1v) is 4.98. The van der Waals surface area contributed by atoms with E-state index in [0.29, 0.717) is 5.56 Å². The lowest BCUT2D eigenvalue weighted by atomic mass is 10.2. The van der Waals surface area contributed by atoms with Gasteiger partial charge in [-0.3, -0.25) is 14.9 Å². The molecule has 0 spiro atoms. The summed E-state index contributed by atoms with van der Waals surface area (Å²) in [5, 5.41) is 11.9. The van der Waals surface area contributed by atoms with Gasteiger partial charge in [0.05, 0.1) is 4.92 Å². The zero-order valence-corrected chi connectivity index (χ0v) is 9.79. The van der Waals surface area contributed by atoms with Crippen molar-refractivity contribution in [2.75, 3.05) is 5.32 Å². The Hall–Kier alpha value is -2.26. The third-order valence-electron chi connectivity index (χ3n) is 2.24. The smallest absolute Gasteiger partial charge is 0.315 e. The van der Waals surface area contributed by atoms with Crippen LogP contribution in [0, 0.1) is 17.0 Å². The third kappa shape index (κ3) is 3.00. The minimum absolute atomic E-state index is 0.372. The lowest BCUT2D eigenvalue weighted by Gasteiger charge is -2.18. The fraction of sp³-hybridized carbons (Fsp3) is 0.300. The van der Waals surface area contributed by atoms with Gasteiger partial charge in [0.25, 0.3) is 5.69 Å². The summed E-state index contributed by atoms with van der Waals surface area (Å²) >= 11 is 0. The van der Waals surface area contributed by atoms with E-state index in [1.165, 1.54) is 18.3 Å². The average Bonchev–Trinajstić information content (AvgIpc) is 2.29. The van der Waals surface area contributed by atoms with Gasteiger partial charge in [0.15, 0.2) is 0 Å². The van der Waals surface area contributed by atoms with E-state index in [2.05, 4.69) is 0 Å². The normalized spacial score (nSPS) is 12.1. The first kappa shape index (κ1) is 15.8. The van der Waals surface area contributed by atoms with Crippen LogP contribution >= 0.6 is 0 Å². The highest BCUT2D eigenvalue weighted by molar-refractivity contribution is 5.98. The highest BCUT2D eigenvalue weighted by atomic mass is 19.4. The second-order valence-electron chi connectivity index (χ2n) is 3.80. The minimum atomic E-state index is -6.09. The fourth-order valence-electron chi connectivity index (χ4n) is 1.23. The van der Waals surface area contributed by atoms with E-state index in [0.717, 1.165) is 12.1 Å². The van der Waals surface area contributed by atoms with Gasteiger partial charge in [0, 0.05) is 6.07 Å². The number of alkyl halides is 5. The Bertz CT molecular complexity index is 556. The van der Waals surface area contributed by atoms with Crippen LogP contribution in [0.1, 0.15) is 5.56 Å². The van der Waals surface area contributed by atoms with Gasteiger partial charge in [-0.05, 0) is 18.6 Å². The van der Waals surface area contributed by atoms with Crippen molar-refractivity contribution in [3.8, 4) is 0 Å². The van der Waals surface area contributed by atoms with Crippen LogP contribution in [0.25, 0.3) is 0 Å². The Labute approximate surface area is 108 Å². The van der Waals surface area contributed by atoms with E-state index in [9.17, 15) is 36.9 Å². The minimum Gasteiger partial charge on any atom is -0.315 e. The standard InChI is InChI=1S/C10H7F5N2O3/c1-5-2-3-6(7(4-5)17(19)20)16-8(18)9(11,12)10(13,14)15/h2-4H,1H3,(H,16,18). The number of anilines is 1. The average molecular weight is 298 g/mol. The number of carbonyl (C=O) groups is 1. The first-order chi connectivity index (χ1) is 8.96. The van der Waals surface area contributed by atoms with Crippen molar-refractivity contribution in [1.29, 1.82) is 0 Å². The summed E-state index contributed by atoms with van der Waals surface area (Å²) in [6.45, 7) is 1.45. The van der Waals surface area contributed by atoms with E-state index >= 15 is 0 Å². The van der Waals surface area contributed by atoms with E-state index in [-0.39, 0.29) is 0 Å². The molecule has 1 aromatic rings. The van der Waals surface area contributed by atoms with Crippen LogP contribution in [0.15, 0.2) is 18.2 Å². The Morgan fingerprint density at radius 1 is 1.25 bits per heavy atom. The van der Waals surface area contributed by atoms with E-state index < -0.39 is 34.3 Å². The number of nitro groups is 1. The van der Waals surface area contributed by atoms with Gasteiger partial charge < -0.3 is 5.32 Å². The lowest BCUT2D eigenvalue weighted by molar-refractivity contribution is -0.384. The number of hydrogen-bond acceptors (Lipinski definition) is 3. The monoisotopic (exact) mass is 298 g/mol. The highest BCUT2D eigenvalue weighted by Crippen LogP contribution is 2.37. The van der Waals surface area contributed by atoms with Crippen LogP contribution < -0.4 is 5.32 Å². The molecule has 0 saturated heterocycles. The molecule has 1 rings (SSSR count). The summed E-state index contributed by atoms with van der Waals surface area (Å²) in [6, 6.07) is 3.02. The number of nitrogens with one attached hydrogen (secondary N) is 1. The molecule has 0 fully saturated rings. The predicted octanol–water partition coefficient (Wildman–Crippen LogP) is 3.04. The number of amides is 1. The van der Waals surface area contributed by atoms with Gasteiger partial charge in [-0.2, -0.15) is 22.0 Å². The molecule has 5 nitrogen and oxygen atoms in total. The number of hydrogen-bond donors (Lipinski definition) is 1. The van der Waals surface area contributed by atoms with Crippen LogP contribution in [0.3, 0.4) is 0 Å². The van der Waals surface area contributed by atoms with Crippen LogP contribution in [0.5, 0.6) is 0 Å². The van der Waals surface area contributed by atoms with Gasteiger partial charge in [0.2, 0.25) is 0 Å². The molecular weight excluding hydrogens is 291 g/mol.